The maximum atomic E-state index is 14.4. The molecule has 0 aromatic heterocycles. The average molecular weight is 591 g/mol. The van der Waals surface area contributed by atoms with E-state index in [9.17, 15) is 24.0 Å². The first-order chi connectivity index (χ1) is 20.5. The summed E-state index contributed by atoms with van der Waals surface area (Å²) in [6, 6.07) is 9.47. The summed E-state index contributed by atoms with van der Waals surface area (Å²) in [6.07, 6.45) is 9.17. The van der Waals surface area contributed by atoms with Gasteiger partial charge in [-0.15, -0.1) is 0 Å². The van der Waals surface area contributed by atoms with Crippen LogP contribution in [0.25, 0.3) is 0 Å². The van der Waals surface area contributed by atoms with E-state index in [0.717, 1.165) is 31.2 Å². The Morgan fingerprint density at radius 1 is 1.02 bits per heavy atom. The lowest BCUT2D eigenvalue weighted by molar-refractivity contribution is -0.130. The van der Waals surface area contributed by atoms with Gasteiger partial charge in [0.25, 0.3) is 0 Å². The van der Waals surface area contributed by atoms with Crippen LogP contribution in [0, 0.1) is 17.8 Å². The smallest absolute Gasteiger partial charge is 0.223 e. The van der Waals surface area contributed by atoms with Crippen molar-refractivity contribution in [2.75, 3.05) is 6.54 Å². The molecule has 0 saturated heterocycles. The van der Waals surface area contributed by atoms with E-state index < -0.39 is 17.0 Å². The first-order valence-electron chi connectivity index (χ1n) is 15.6. The molecule has 5 N–H and O–H groups in total. The van der Waals surface area contributed by atoms with Gasteiger partial charge in [-0.3, -0.25) is 19.2 Å². The summed E-state index contributed by atoms with van der Waals surface area (Å²) in [5, 5.41) is 9.61. The van der Waals surface area contributed by atoms with Crippen LogP contribution in [0.1, 0.15) is 84.1 Å². The molecule has 3 atom stereocenters. The summed E-state index contributed by atoms with van der Waals surface area (Å²) in [4.78, 5) is 65.0. The number of benzene rings is 1. The molecule has 1 saturated carbocycles. The molecule has 1 fully saturated rings. The van der Waals surface area contributed by atoms with E-state index in [1.54, 1.807) is 6.20 Å². The number of Topliss-reactive ketones (excluding diaryl/α,β-unsaturated/α-hetero) is 3. The van der Waals surface area contributed by atoms with Crippen LogP contribution in [0.4, 0.5) is 0 Å². The first-order valence-corrected chi connectivity index (χ1v) is 15.6. The highest BCUT2D eigenvalue weighted by Crippen LogP contribution is 2.40. The number of primary amides is 1. The Hall–Kier alpha value is -3.75. The number of carbonyl (C=O) groups is 5. The van der Waals surface area contributed by atoms with Gasteiger partial charge in [0, 0.05) is 48.9 Å². The fourth-order valence-electron chi connectivity index (χ4n) is 7.19. The van der Waals surface area contributed by atoms with Gasteiger partial charge >= 0.3 is 0 Å². The lowest BCUT2D eigenvalue weighted by atomic mass is 9.73. The quantitative estimate of drug-likeness (QED) is 0.229. The number of amides is 2. The van der Waals surface area contributed by atoms with E-state index in [2.05, 4.69) is 29.8 Å². The van der Waals surface area contributed by atoms with Crippen LogP contribution in [0.15, 0.2) is 53.9 Å². The summed E-state index contributed by atoms with van der Waals surface area (Å²) in [7, 11) is 0. The highest BCUT2D eigenvalue weighted by atomic mass is 16.2. The molecule has 0 radical (unpaired) electrons. The average Bonchev–Trinajstić information content (AvgIpc) is 3.66. The third-order valence-electron chi connectivity index (χ3n) is 9.13. The largest absolute Gasteiger partial charge is 0.378 e. The molecular weight excluding hydrogens is 544 g/mol. The number of rotatable bonds is 15. The molecule has 2 heterocycles. The van der Waals surface area contributed by atoms with E-state index in [-0.39, 0.29) is 65.8 Å². The molecule has 0 unspecified atom stereocenters. The Labute approximate surface area is 254 Å². The zero-order chi connectivity index (χ0) is 31.2. The highest BCUT2D eigenvalue weighted by molar-refractivity contribution is 6.18. The number of hydrogen-bond acceptors (Lipinski definition) is 7. The predicted octanol–water partition coefficient (Wildman–Crippen LogP) is 3.42. The van der Waals surface area contributed by atoms with Crippen molar-refractivity contribution in [1.82, 2.24) is 16.0 Å². The number of carbonyl (C=O) groups excluding carboxylic acids is 5. The van der Waals surface area contributed by atoms with Crippen molar-refractivity contribution in [3.05, 3.63) is 59.4 Å². The normalized spacial score (nSPS) is 24.4. The Morgan fingerprint density at radius 3 is 2.35 bits per heavy atom. The number of ketones is 3. The third-order valence-corrected chi connectivity index (χ3v) is 9.13. The van der Waals surface area contributed by atoms with E-state index in [0.29, 0.717) is 31.4 Å². The molecule has 2 aliphatic heterocycles. The molecule has 1 aromatic rings. The topological polar surface area (TPSA) is 147 Å². The van der Waals surface area contributed by atoms with Crippen LogP contribution in [0.5, 0.6) is 0 Å². The number of nitrogens with two attached hydrogens (primary N) is 1. The minimum Gasteiger partial charge on any atom is -0.378 e. The second-order valence-electron chi connectivity index (χ2n) is 13.0. The molecule has 9 nitrogen and oxygen atoms in total. The molecule has 232 valence electrons. The van der Waals surface area contributed by atoms with E-state index in [4.69, 9.17) is 5.73 Å². The molecule has 2 amide bonds. The van der Waals surface area contributed by atoms with Crippen LogP contribution >= 0.6 is 0 Å². The number of nitrogens with one attached hydrogen (secondary N) is 3. The fraction of sp³-hybridized carbons (Fsp3) is 0.559. The fourth-order valence-corrected chi connectivity index (χ4v) is 7.19. The van der Waals surface area contributed by atoms with Crippen molar-refractivity contribution in [3.8, 4) is 0 Å². The van der Waals surface area contributed by atoms with Gasteiger partial charge in [0.2, 0.25) is 11.8 Å². The molecule has 4 rings (SSSR count). The van der Waals surface area contributed by atoms with Gasteiger partial charge in [-0.2, -0.15) is 0 Å². The standard InChI is InChI=1S/C34H46N4O5/c1-22(2)18-33(14-9-15-36-32(43)27(16-23(3)39)25-12-7-8-13-25)31(42)28(21-37-33)34(19-24-10-5-4-6-11-24)30(41)26(20-38-34)17-29(35)40/h4-6,10-11,20-22,25,27,37-38H,7-9,12-19H2,1-3H3,(H2,35,40)(H,36,43)/t27-,33+,34-/m0/s1. The molecule has 0 spiro atoms. The van der Waals surface area contributed by atoms with Crippen LogP contribution < -0.4 is 21.7 Å². The Bertz CT molecular complexity index is 1300. The zero-order valence-electron chi connectivity index (χ0n) is 25.7. The molecule has 9 heteroatoms. The van der Waals surface area contributed by atoms with Crippen LogP contribution in [-0.4, -0.2) is 46.8 Å². The molecule has 1 aromatic carbocycles. The second-order valence-corrected chi connectivity index (χ2v) is 13.0. The van der Waals surface area contributed by atoms with E-state index >= 15 is 0 Å². The first kappa shape index (κ1) is 32.2. The summed E-state index contributed by atoms with van der Waals surface area (Å²) in [6.45, 7) is 6.03. The third kappa shape index (κ3) is 7.25. The van der Waals surface area contributed by atoms with Crippen LogP contribution in [0.2, 0.25) is 0 Å². The van der Waals surface area contributed by atoms with Gasteiger partial charge in [-0.05, 0) is 56.4 Å². The van der Waals surface area contributed by atoms with Crippen molar-refractivity contribution >= 4 is 29.2 Å². The van der Waals surface area contributed by atoms with Gasteiger partial charge in [0.1, 0.15) is 16.9 Å². The summed E-state index contributed by atoms with van der Waals surface area (Å²) >= 11 is 0. The van der Waals surface area contributed by atoms with Gasteiger partial charge in [-0.25, -0.2) is 0 Å². The van der Waals surface area contributed by atoms with Gasteiger partial charge in [0.05, 0.1) is 6.42 Å². The summed E-state index contributed by atoms with van der Waals surface area (Å²) < 4.78 is 0. The van der Waals surface area contributed by atoms with Gasteiger partial charge < -0.3 is 26.5 Å². The minimum atomic E-state index is -1.36. The van der Waals surface area contributed by atoms with Crippen molar-refractivity contribution in [2.24, 2.45) is 23.5 Å². The van der Waals surface area contributed by atoms with Gasteiger partial charge in [-0.1, -0.05) is 57.0 Å². The van der Waals surface area contributed by atoms with E-state index in [1.807, 2.05) is 30.3 Å². The van der Waals surface area contributed by atoms with Crippen molar-refractivity contribution < 1.29 is 24.0 Å². The van der Waals surface area contributed by atoms with Crippen molar-refractivity contribution in [2.45, 2.75) is 96.1 Å². The SMILES string of the molecule is CC(=O)C[C@H](C(=O)NCCC[C@]1(CC(C)C)NC=C([C@]2(Cc3ccccc3)NC=C(CC(N)=O)C2=O)C1=O)C1CCCC1. The molecular formula is C34H46N4O5. The van der Waals surface area contributed by atoms with Crippen LogP contribution in [-0.2, 0) is 30.4 Å². The highest BCUT2D eigenvalue weighted by Gasteiger charge is 2.55. The monoisotopic (exact) mass is 590 g/mol. The minimum absolute atomic E-state index is 0.0234. The molecule has 3 aliphatic rings. The Morgan fingerprint density at radius 2 is 1.72 bits per heavy atom. The number of hydrogen-bond donors (Lipinski definition) is 4. The predicted molar refractivity (Wildman–Crippen MR) is 164 cm³/mol. The van der Waals surface area contributed by atoms with E-state index in [1.165, 1.54) is 13.1 Å². The van der Waals surface area contributed by atoms with Gasteiger partial charge in [0.15, 0.2) is 11.6 Å². The summed E-state index contributed by atoms with van der Waals surface area (Å²) in [5.74, 6) is -1.03. The van der Waals surface area contributed by atoms with Crippen molar-refractivity contribution in [1.29, 1.82) is 0 Å². The Balaban J connectivity index is 1.50. The maximum absolute atomic E-state index is 14.4. The van der Waals surface area contributed by atoms with Crippen LogP contribution in [0.3, 0.4) is 0 Å². The molecule has 1 aliphatic carbocycles. The lowest BCUT2D eigenvalue weighted by Gasteiger charge is -2.34. The second kappa shape index (κ2) is 13.7. The molecule has 43 heavy (non-hydrogen) atoms. The summed E-state index contributed by atoms with van der Waals surface area (Å²) in [5.41, 5.74) is 4.59. The Kier molecular flexibility index (Phi) is 10.2. The van der Waals surface area contributed by atoms with Crippen molar-refractivity contribution in [3.63, 3.8) is 0 Å². The lowest BCUT2D eigenvalue weighted by Crippen LogP contribution is -2.55. The molecule has 0 bridgehead atoms. The zero-order valence-corrected chi connectivity index (χ0v) is 25.7. The maximum Gasteiger partial charge on any atom is 0.223 e.